The minimum absolute atomic E-state index is 0.198. The second-order valence-electron chi connectivity index (χ2n) is 7.73. The van der Waals surface area contributed by atoms with Crippen LogP contribution in [0.4, 0.5) is 11.4 Å². The highest BCUT2D eigenvalue weighted by Crippen LogP contribution is 2.18. The number of aryl methyl sites for hydroxylation is 1. The van der Waals surface area contributed by atoms with Crippen molar-refractivity contribution in [3.63, 3.8) is 0 Å². The van der Waals surface area contributed by atoms with E-state index in [-0.39, 0.29) is 5.91 Å². The van der Waals surface area contributed by atoms with Crippen LogP contribution in [0.3, 0.4) is 0 Å². The van der Waals surface area contributed by atoms with Gasteiger partial charge < -0.3 is 10.2 Å². The summed E-state index contributed by atoms with van der Waals surface area (Å²) in [6.07, 6.45) is 1.96. The van der Waals surface area contributed by atoms with Crippen LogP contribution in [0.5, 0.6) is 0 Å². The minimum atomic E-state index is -3.37. The smallest absolute Gasteiger partial charge is 0.251 e. The summed E-state index contributed by atoms with van der Waals surface area (Å²) in [6.45, 7) is 7.69. The summed E-state index contributed by atoms with van der Waals surface area (Å²) < 4.78 is 25.1. The Kier molecular flexibility index (Phi) is 7.33. The van der Waals surface area contributed by atoms with Crippen LogP contribution in [0.15, 0.2) is 48.5 Å². The van der Waals surface area contributed by atoms with Gasteiger partial charge in [-0.15, -0.1) is 0 Å². The lowest BCUT2D eigenvalue weighted by molar-refractivity contribution is 0.0951. The third-order valence-corrected chi connectivity index (χ3v) is 5.71. The van der Waals surface area contributed by atoms with Crippen molar-refractivity contribution >= 4 is 27.3 Å². The second-order valence-corrected chi connectivity index (χ2v) is 9.48. The van der Waals surface area contributed by atoms with E-state index in [0.717, 1.165) is 45.4 Å². The summed E-state index contributed by atoms with van der Waals surface area (Å²) in [7, 11) is -3.37. The Bertz CT molecular complexity index is 970. The first-order chi connectivity index (χ1) is 14.3. The third kappa shape index (κ3) is 6.74. The van der Waals surface area contributed by atoms with Gasteiger partial charge in [0, 0.05) is 49.7 Å². The van der Waals surface area contributed by atoms with Crippen LogP contribution in [0.1, 0.15) is 22.3 Å². The Hall–Kier alpha value is -2.58. The van der Waals surface area contributed by atoms with Gasteiger partial charge in [0.1, 0.15) is 0 Å². The fraction of sp³-hybridized carbons (Fsp3) is 0.409. The molecule has 0 bridgehead atoms. The summed E-state index contributed by atoms with van der Waals surface area (Å²) in [5.74, 6) is -0.198. The van der Waals surface area contributed by atoms with Gasteiger partial charge in [0.25, 0.3) is 5.91 Å². The molecule has 2 aromatic rings. The van der Waals surface area contributed by atoms with Crippen LogP contribution in [0.25, 0.3) is 0 Å². The Morgan fingerprint density at radius 2 is 1.77 bits per heavy atom. The van der Waals surface area contributed by atoms with Crippen LogP contribution < -0.4 is 14.9 Å². The largest absolute Gasteiger partial charge is 0.369 e. The first-order valence-corrected chi connectivity index (χ1v) is 12.1. The maximum atomic E-state index is 12.3. The maximum Gasteiger partial charge on any atom is 0.251 e. The second kappa shape index (κ2) is 9.95. The van der Waals surface area contributed by atoms with Crippen molar-refractivity contribution < 1.29 is 13.2 Å². The number of nitrogens with zero attached hydrogens (tertiary/aromatic N) is 2. The van der Waals surface area contributed by atoms with E-state index in [9.17, 15) is 13.2 Å². The van der Waals surface area contributed by atoms with E-state index >= 15 is 0 Å². The number of sulfonamides is 1. The van der Waals surface area contributed by atoms with E-state index in [4.69, 9.17) is 0 Å². The highest BCUT2D eigenvalue weighted by atomic mass is 32.2. The van der Waals surface area contributed by atoms with Gasteiger partial charge in [-0.25, -0.2) is 8.42 Å². The zero-order valence-corrected chi connectivity index (χ0v) is 18.4. The highest BCUT2D eigenvalue weighted by molar-refractivity contribution is 7.92. The molecule has 2 aromatic carbocycles. The predicted octanol–water partition coefficient (Wildman–Crippen LogP) is 2.31. The lowest BCUT2D eigenvalue weighted by Crippen LogP contribution is -2.47. The molecule has 3 rings (SSSR count). The molecule has 1 amide bonds. The van der Waals surface area contributed by atoms with E-state index < -0.39 is 10.0 Å². The molecule has 0 atom stereocenters. The van der Waals surface area contributed by atoms with Crippen molar-refractivity contribution in [1.29, 1.82) is 0 Å². The number of nitrogens with one attached hydrogen (secondary N) is 2. The van der Waals surface area contributed by atoms with Gasteiger partial charge in [-0.05, 0) is 55.8 Å². The van der Waals surface area contributed by atoms with E-state index in [2.05, 4.69) is 51.0 Å². The van der Waals surface area contributed by atoms with Crippen LogP contribution in [-0.2, 0) is 10.0 Å². The molecule has 1 aliphatic heterocycles. The van der Waals surface area contributed by atoms with Crippen LogP contribution >= 0.6 is 0 Å². The fourth-order valence-corrected chi connectivity index (χ4v) is 4.15. The van der Waals surface area contributed by atoms with E-state index in [0.29, 0.717) is 17.8 Å². The van der Waals surface area contributed by atoms with E-state index in [1.54, 1.807) is 24.3 Å². The molecule has 1 aliphatic rings. The van der Waals surface area contributed by atoms with Gasteiger partial charge in [-0.2, -0.15) is 0 Å². The Labute approximate surface area is 179 Å². The number of carbonyl (C=O) groups is 1. The van der Waals surface area contributed by atoms with Crippen LogP contribution in [0.2, 0.25) is 0 Å². The molecule has 0 spiro atoms. The molecule has 0 aliphatic carbocycles. The molecule has 0 aromatic heterocycles. The maximum absolute atomic E-state index is 12.3. The van der Waals surface area contributed by atoms with Gasteiger partial charge in [0.15, 0.2) is 0 Å². The Morgan fingerprint density at radius 1 is 1.03 bits per heavy atom. The van der Waals surface area contributed by atoms with E-state index in [1.165, 1.54) is 11.3 Å². The van der Waals surface area contributed by atoms with Crippen molar-refractivity contribution in [1.82, 2.24) is 10.2 Å². The fourth-order valence-electron chi connectivity index (χ4n) is 3.60. The summed E-state index contributed by atoms with van der Waals surface area (Å²) in [6, 6.07) is 15.1. The van der Waals surface area contributed by atoms with Gasteiger partial charge in [0.05, 0.1) is 6.26 Å². The quantitative estimate of drug-likeness (QED) is 0.628. The molecule has 2 N–H and O–H groups in total. The molecule has 1 saturated heterocycles. The number of hydrogen-bond acceptors (Lipinski definition) is 5. The average molecular weight is 431 g/mol. The molecule has 0 radical (unpaired) electrons. The Morgan fingerprint density at radius 3 is 2.47 bits per heavy atom. The molecule has 7 nitrogen and oxygen atoms in total. The highest BCUT2D eigenvalue weighted by Gasteiger charge is 2.17. The van der Waals surface area contributed by atoms with Crippen molar-refractivity contribution in [2.45, 2.75) is 13.3 Å². The van der Waals surface area contributed by atoms with Crippen molar-refractivity contribution in [2.24, 2.45) is 0 Å². The zero-order valence-electron chi connectivity index (χ0n) is 17.6. The number of rotatable bonds is 8. The number of benzene rings is 2. The molecule has 0 saturated carbocycles. The average Bonchev–Trinajstić information content (AvgIpc) is 2.70. The molecule has 162 valence electrons. The SMILES string of the molecule is Cc1cccc(N2CCN(CCCNC(=O)c3cccc(NS(C)(=O)=O)c3)CC2)c1. The number of carbonyl (C=O) groups excluding carboxylic acids is 1. The summed E-state index contributed by atoms with van der Waals surface area (Å²) >= 11 is 0. The van der Waals surface area contributed by atoms with Crippen LogP contribution in [0, 0.1) is 6.92 Å². The van der Waals surface area contributed by atoms with Gasteiger partial charge >= 0.3 is 0 Å². The summed E-state index contributed by atoms with van der Waals surface area (Å²) in [5, 5.41) is 2.92. The number of anilines is 2. The topological polar surface area (TPSA) is 81.8 Å². The molecule has 1 fully saturated rings. The standard InChI is InChI=1S/C22H30N4O3S/c1-18-6-3-9-21(16-18)26-14-12-25(13-15-26)11-5-10-23-22(27)19-7-4-8-20(17-19)24-30(2,28)29/h3-4,6-9,16-17,24H,5,10-15H2,1-2H3,(H,23,27). The van der Waals surface area contributed by atoms with Crippen molar-refractivity contribution in [3.05, 3.63) is 59.7 Å². The number of amides is 1. The minimum Gasteiger partial charge on any atom is -0.369 e. The lowest BCUT2D eigenvalue weighted by Gasteiger charge is -2.36. The molecular formula is C22H30N4O3S. The molecule has 0 unspecified atom stereocenters. The molecule has 1 heterocycles. The summed E-state index contributed by atoms with van der Waals surface area (Å²) in [5.41, 5.74) is 3.39. The normalized spacial score (nSPS) is 15.1. The number of piperazine rings is 1. The van der Waals surface area contributed by atoms with Crippen LogP contribution in [-0.4, -0.2) is 64.7 Å². The Balaban J connectivity index is 1.38. The summed E-state index contributed by atoms with van der Waals surface area (Å²) in [4.78, 5) is 17.2. The molecule has 8 heteroatoms. The van der Waals surface area contributed by atoms with Crippen molar-refractivity contribution in [2.75, 3.05) is 55.1 Å². The third-order valence-electron chi connectivity index (χ3n) is 5.10. The molecule has 30 heavy (non-hydrogen) atoms. The van der Waals surface area contributed by atoms with E-state index in [1.807, 2.05) is 0 Å². The lowest BCUT2D eigenvalue weighted by atomic mass is 10.2. The van der Waals surface area contributed by atoms with Crippen molar-refractivity contribution in [3.8, 4) is 0 Å². The van der Waals surface area contributed by atoms with Gasteiger partial charge in [-0.3, -0.25) is 14.4 Å². The number of hydrogen-bond donors (Lipinski definition) is 2. The first-order valence-electron chi connectivity index (χ1n) is 10.2. The monoisotopic (exact) mass is 430 g/mol. The van der Waals surface area contributed by atoms with Gasteiger partial charge in [-0.1, -0.05) is 18.2 Å². The predicted molar refractivity (Wildman–Crippen MR) is 122 cm³/mol. The zero-order chi connectivity index (χ0) is 21.6. The first kappa shape index (κ1) is 22.1. The molecular weight excluding hydrogens is 400 g/mol. The van der Waals surface area contributed by atoms with Gasteiger partial charge in [0.2, 0.25) is 10.0 Å².